The second kappa shape index (κ2) is 8.79. The Morgan fingerprint density at radius 2 is 1.65 bits per heavy atom. The highest BCUT2D eigenvalue weighted by molar-refractivity contribution is 5.97. The molecule has 6 heteroatoms. The number of carbonyl (C=O) groups is 4. The maximum atomic E-state index is 11.7. The van der Waals surface area contributed by atoms with Gasteiger partial charge in [0.25, 0.3) is 0 Å². The molecule has 0 saturated carbocycles. The van der Waals surface area contributed by atoms with Crippen LogP contribution in [0.15, 0.2) is 24.3 Å². The van der Waals surface area contributed by atoms with E-state index in [0.29, 0.717) is 12.7 Å². The molecule has 20 heavy (non-hydrogen) atoms. The number of aldehydes is 1. The van der Waals surface area contributed by atoms with Crippen molar-refractivity contribution in [3.8, 4) is 0 Å². The Morgan fingerprint density at radius 1 is 1.10 bits per heavy atom. The van der Waals surface area contributed by atoms with Gasteiger partial charge in [-0.3, -0.25) is 0 Å². The molecule has 0 heterocycles. The second-order valence-electron chi connectivity index (χ2n) is 4.26. The van der Waals surface area contributed by atoms with E-state index in [1.807, 2.05) is 0 Å². The molecule has 0 spiro atoms. The van der Waals surface area contributed by atoms with E-state index in [1.54, 1.807) is 0 Å². The van der Waals surface area contributed by atoms with Gasteiger partial charge < -0.3 is 14.3 Å². The van der Waals surface area contributed by atoms with Gasteiger partial charge in [0.2, 0.25) is 0 Å². The number of carbonyl (C=O) groups excluding carboxylic acids is 4. The Kier molecular flexibility index (Phi) is 7.81. The Labute approximate surface area is 117 Å². The van der Waals surface area contributed by atoms with E-state index in [4.69, 9.17) is 4.74 Å². The zero-order chi connectivity index (χ0) is 15.7. The molecule has 0 bridgehead atoms. The van der Waals surface area contributed by atoms with E-state index in [2.05, 4.69) is 17.9 Å². The van der Waals surface area contributed by atoms with Crippen molar-refractivity contribution in [2.75, 3.05) is 0 Å². The largest absolute Gasteiger partial charge is 0.447 e. The molecule has 0 aromatic heterocycles. The van der Waals surface area contributed by atoms with Gasteiger partial charge in [0.05, 0.1) is 0 Å². The second-order valence-corrected chi connectivity index (χ2v) is 4.26. The summed E-state index contributed by atoms with van der Waals surface area (Å²) >= 11 is 0. The van der Waals surface area contributed by atoms with Gasteiger partial charge >= 0.3 is 17.9 Å². The Balaban J connectivity index is 4.72. The van der Waals surface area contributed by atoms with Crippen molar-refractivity contribution in [3.63, 3.8) is 0 Å². The van der Waals surface area contributed by atoms with Crippen LogP contribution in [0.3, 0.4) is 0 Å². The summed E-state index contributed by atoms with van der Waals surface area (Å²) in [4.78, 5) is 44.6. The Hall–Kier alpha value is -2.24. The lowest BCUT2D eigenvalue weighted by atomic mass is 10.1. The normalized spacial score (nSPS) is 11.1. The molecule has 1 atom stereocenters. The lowest BCUT2D eigenvalue weighted by Gasteiger charge is -2.15. The Bertz CT molecular complexity index is 435. The average molecular weight is 282 g/mol. The molecule has 0 aromatic carbocycles. The first-order valence-corrected chi connectivity index (χ1v) is 6.01. The van der Waals surface area contributed by atoms with Gasteiger partial charge in [-0.25, -0.2) is 14.4 Å². The zero-order valence-electron chi connectivity index (χ0n) is 11.6. The minimum atomic E-state index is -1.25. The van der Waals surface area contributed by atoms with Crippen LogP contribution in [0.5, 0.6) is 0 Å². The molecule has 1 unspecified atom stereocenters. The van der Waals surface area contributed by atoms with Crippen LogP contribution in [0, 0.1) is 0 Å². The van der Waals surface area contributed by atoms with E-state index in [-0.39, 0.29) is 24.0 Å². The number of rotatable bonds is 8. The van der Waals surface area contributed by atoms with Gasteiger partial charge in [0.1, 0.15) is 6.29 Å². The van der Waals surface area contributed by atoms with Crippen LogP contribution in [0.4, 0.5) is 0 Å². The number of esters is 3. The lowest BCUT2D eigenvalue weighted by molar-refractivity contribution is -0.171. The lowest BCUT2D eigenvalue weighted by Crippen LogP contribution is -2.31. The molecule has 6 nitrogen and oxygen atoms in total. The highest BCUT2D eigenvalue weighted by Gasteiger charge is 2.26. The number of hydrogen-bond donors (Lipinski definition) is 0. The van der Waals surface area contributed by atoms with Crippen molar-refractivity contribution in [1.82, 2.24) is 0 Å². The van der Waals surface area contributed by atoms with Gasteiger partial charge in [-0.2, -0.15) is 0 Å². The quantitative estimate of drug-likeness (QED) is 0.220. The summed E-state index contributed by atoms with van der Waals surface area (Å²) in [5, 5.41) is 0. The smallest absolute Gasteiger partial charge is 0.355 e. The molecule has 0 rings (SSSR count). The third kappa shape index (κ3) is 6.63. The van der Waals surface area contributed by atoms with Crippen LogP contribution in [0.1, 0.15) is 33.1 Å². The van der Waals surface area contributed by atoms with Gasteiger partial charge in [0.15, 0.2) is 6.10 Å². The molecule has 0 fully saturated rings. The molecular formula is C14H18O6. The molecule has 0 aliphatic carbocycles. The van der Waals surface area contributed by atoms with Crippen LogP contribution in [-0.4, -0.2) is 30.3 Å². The molecule has 110 valence electrons. The van der Waals surface area contributed by atoms with Crippen LogP contribution >= 0.6 is 0 Å². The van der Waals surface area contributed by atoms with Crippen molar-refractivity contribution in [2.45, 2.75) is 39.2 Å². The molecule has 0 aliphatic heterocycles. The van der Waals surface area contributed by atoms with Crippen LogP contribution < -0.4 is 0 Å². The molecule has 0 radical (unpaired) electrons. The molecule has 0 amide bonds. The van der Waals surface area contributed by atoms with E-state index in [0.717, 1.165) is 0 Å². The summed E-state index contributed by atoms with van der Waals surface area (Å²) in [6, 6.07) is 0. The van der Waals surface area contributed by atoms with Crippen LogP contribution in [0.25, 0.3) is 0 Å². The predicted octanol–water partition coefficient (Wildman–Crippen LogP) is 1.49. The van der Waals surface area contributed by atoms with E-state index in [1.165, 1.54) is 13.8 Å². The maximum Gasteiger partial charge on any atom is 0.355 e. The first-order valence-electron chi connectivity index (χ1n) is 6.01. The highest BCUT2D eigenvalue weighted by Crippen LogP contribution is 2.10. The fourth-order valence-electron chi connectivity index (χ4n) is 1.09. The van der Waals surface area contributed by atoms with Crippen LogP contribution in [0.2, 0.25) is 0 Å². The third-order valence-electron chi connectivity index (χ3n) is 2.19. The average Bonchev–Trinajstić information content (AvgIpc) is 2.36. The monoisotopic (exact) mass is 282 g/mol. The predicted molar refractivity (Wildman–Crippen MR) is 70.5 cm³/mol. The van der Waals surface area contributed by atoms with Crippen molar-refractivity contribution in [2.24, 2.45) is 0 Å². The topological polar surface area (TPSA) is 86.7 Å². The van der Waals surface area contributed by atoms with E-state index < -0.39 is 24.0 Å². The summed E-state index contributed by atoms with van der Waals surface area (Å²) in [5.74, 6) is -2.64. The van der Waals surface area contributed by atoms with Crippen molar-refractivity contribution < 1.29 is 28.7 Å². The van der Waals surface area contributed by atoms with Crippen LogP contribution in [-0.2, 0) is 28.7 Å². The number of unbranched alkanes of at least 4 members (excludes halogenated alkanes) is 1. The van der Waals surface area contributed by atoms with Gasteiger partial charge in [0, 0.05) is 17.6 Å². The number of ether oxygens (including phenoxy) is 2. The summed E-state index contributed by atoms with van der Waals surface area (Å²) in [5.41, 5.74) is 0.167. The van der Waals surface area contributed by atoms with Gasteiger partial charge in [-0.15, -0.1) is 0 Å². The summed E-state index contributed by atoms with van der Waals surface area (Å²) in [6.45, 7) is 9.54. The molecule has 0 aliphatic rings. The standard InChI is InChI=1S/C14H18O6/c1-9(2)12(16)19-11(7-5-6-8-15)14(18)20-13(17)10(3)4/h8,11H,1,3,5-7H2,2,4H3. The summed E-state index contributed by atoms with van der Waals surface area (Å²) < 4.78 is 9.40. The molecule has 0 aromatic rings. The van der Waals surface area contributed by atoms with Crippen molar-refractivity contribution in [3.05, 3.63) is 24.3 Å². The van der Waals surface area contributed by atoms with E-state index >= 15 is 0 Å². The fraction of sp³-hybridized carbons (Fsp3) is 0.429. The zero-order valence-corrected chi connectivity index (χ0v) is 11.6. The number of hydrogen-bond acceptors (Lipinski definition) is 6. The minimum Gasteiger partial charge on any atom is -0.447 e. The molecular weight excluding hydrogens is 264 g/mol. The molecule has 0 saturated heterocycles. The third-order valence-corrected chi connectivity index (χ3v) is 2.19. The summed E-state index contributed by atoms with van der Waals surface area (Å²) in [7, 11) is 0. The Morgan fingerprint density at radius 3 is 2.10 bits per heavy atom. The van der Waals surface area contributed by atoms with Crippen molar-refractivity contribution in [1.29, 1.82) is 0 Å². The van der Waals surface area contributed by atoms with Gasteiger partial charge in [-0.1, -0.05) is 13.2 Å². The molecule has 0 N–H and O–H groups in total. The summed E-state index contributed by atoms with van der Waals surface area (Å²) in [6.07, 6.45) is 0.0567. The van der Waals surface area contributed by atoms with E-state index in [9.17, 15) is 19.2 Å². The first-order chi connectivity index (χ1) is 9.29. The first kappa shape index (κ1) is 17.8. The minimum absolute atomic E-state index is 0.0521. The SMILES string of the molecule is C=C(C)C(=O)OC(=O)C(CCCC=O)OC(=O)C(=C)C. The highest BCUT2D eigenvalue weighted by atomic mass is 16.6. The van der Waals surface area contributed by atoms with Crippen molar-refractivity contribution >= 4 is 24.2 Å². The maximum absolute atomic E-state index is 11.7. The van der Waals surface area contributed by atoms with Gasteiger partial charge in [-0.05, 0) is 26.7 Å². The fourth-order valence-corrected chi connectivity index (χ4v) is 1.09.